The van der Waals surface area contributed by atoms with E-state index in [1.54, 1.807) is 24.3 Å². The summed E-state index contributed by atoms with van der Waals surface area (Å²) >= 11 is 5.87. The summed E-state index contributed by atoms with van der Waals surface area (Å²) in [4.78, 5) is 11.8. The Labute approximate surface area is 141 Å². The number of ether oxygens (including phenoxy) is 1. The average Bonchev–Trinajstić information content (AvgIpc) is 2.52. The normalized spacial score (nSPS) is 10.4. The van der Waals surface area contributed by atoms with Gasteiger partial charge in [-0.25, -0.2) is 4.79 Å². The Hall–Kier alpha value is -2.20. The maximum absolute atomic E-state index is 11.8. The van der Waals surface area contributed by atoms with Crippen LogP contribution in [-0.2, 0) is 0 Å². The molecular formula is C18H21ClN2O2. The number of para-hydroxylation sites is 1. The standard InChI is InChI=1S/C18H21ClN2O2/c1-13(2)16-8-3-4-9-17(16)23-11-10-20-18(22)21-15-7-5-6-14(19)12-15/h3-9,12-13H,10-11H2,1-2H3,(H2,20,21,22). The van der Waals surface area contributed by atoms with Crippen molar-refractivity contribution in [1.29, 1.82) is 0 Å². The highest BCUT2D eigenvalue weighted by Crippen LogP contribution is 2.25. The van der Waals surface area contributed by atoms with Crippen LogP contribution in [-0.4, -0.2) is 19.2 Å². The quantitative estimate of drug-likeness (QED) is 0.755. The molecule has 0 saturated carbocycles. The molecule has 0 aliphatic rings. The Kier molecular flexibility index (Phi) is 6.29. The van der Waals surface area contributed by atoms with Crippen LogP contribution in [0.25, 0.3) is 0 Å². The zero-order chi connectivity index (χ0) is 16.7. The maximum Gasteiger partial charge on any atom is 0.319 e. The van der Waals surface area contributed by atoms with Crippen molar-refractivity contribution in [2.75, 3.05) is 18.5 Å². The third kappa shape index (κ3) is 5.49. The molecule has 0 radical (unpaired) electrons. The van der Waals surface area contributed by atoms with Gasteiger partial charge in [-0.2, -0.15) is 0 Å². The van der Waals surface area contributed by atoms with Crippen LogP contribution in [0, 0.1) is 0 Å². The summed E-state index contributed by atoms with van der Waals surface area (Å²) in [5.41, 5.74) is 1.82. The first-order valence-corrected chi connectivity index (χ1v) is 7.96. The molecule has 0 bridgehead atoms. The molecule has 4 nitrogen and oxygen atoms in total. The van der Waals surface area contributed by atoms with Crippen molar-refractivity contribution in [3.05, 3.63) is 59.1 Å². The topological polar surface area (TPSA) is 50.4 Å². The van der Waals surface area contributed by atoms with Crippen LogP contribution in [0.1, 0.15) is 25.3 Å². The summed E-state index contributed by atoms with van der Waals surface area (Å²) in [6.07, 6.45) is 0. The molecule has 0 fully saturated rings. The molecule has 23 heavy (non-hydrogen) atoms. The summed E-state index contributed by atoms with van der Waals surface area (Å²) in [7, 11) is 0. The smallest absolute Gasteiger partial charge is 0.319 e. The molecule has 2 aromatic carbocycles. The monoisotopic (exact) mass is 332 g/mol. The van der Waals surface area contributed by atoms with E-state index in [1.165, 1.54) is 0 Å². The summed E-state index contributed by atoms with van der Waals surface area (Å²) in [6, 6.07) is 14.7. The summed E-state index contributed by atoms with van der Waals surface area (Å²) < 4.78 is 5.75. The van der Waals surface area contributed by atoms with Crippen LogP contribution < -0.4 is 15.4 Å². The highest BCUT2D eigenvalue weighted by Gasteiger charge is 2.07. The predicted molar refractivity (Wildman–Crippen MR) is 94.5 cm³/mol. The van der Waals surface area contributed by atoms with E-state index < -0.39 is 0 Å². The van der Waals surface area contributed by atoms with Gasteiger partial charge in [0.15, 0.2) is 0 Å². The third-order valence-corrected chi connectivity index (χ3v) is 3.50. The van der Waals surface area contributed by atoms with Crippen molar-refractivity contribution in [3.63, 3.8) is 0 Å². The Bertz CT molecular complexity index is 659. The number of carbonyl (C=O) groups excluding carboxylic acids is 1. The van der Waals surface area contributed by atoms with Gasteiger partial charge < -0.3 is 15.4 Å². The van der Waals surface area contributed by atoms with Crippen molar-refractivity contribution < 1.29 is 9.53 Å². The highest BCUT2D eigenvalue weighted by atomic mass is 35.5. The van der Waals surface area contributed by atoms with Crippen LogP contribution in [0.15, 0.2) is 48.5 Å². The van der Waals surface area contributed by atoms with E-state index in [9.17, 15) is 4.79 Å². The van der Waals surface area contributed by atoms with Crippen molar-refractivity contribution in [1.82, 2.24) is 5.32 Å². The molecule has 5 heteroatoms. The van der Waals surface area contributed by atoms with Gasteiger partial charge in [-0.15, -0.1) is 0 Å². The number of benzene rings is 2. The van der Waals surface area contributed by atoms with E-state index in [2.05, 4.69) is 30.5 Å². The third-order valence-electron chi connectivity index (χ3n) is 3.27. The van der Waals surface area contributed by atoms with Gasteiger partial charge in [0.05, 0.1) is 6.54 Å². The highest BCUT2D eigenvalue weighted by molar-refractivity contribution is 6.30. The second-order valence-electron chi connectivity index (χ2n) is 5.43. The zero-order valence-corrected chi connectivity index (χ0v) is 14.1. The van der Waals surface area contributed by atoms with Crippen molar-refractivity contribution in [3.8, 4) is 5.75 Å². The van der Waals surface area contributed by atoms with Gasteiger partial charge >= 0.3 is 6.03 Å². The predicted octanol–water partition coefficient (Wildman–Crippen LogP) is 4.66. The number of hydrogen-bond acceptors (Lipinski definition) is 2. The van der Waals surface area contributed by atoms with Gasteiger partial charge in [0.25, 0.3) is 0 Å². The molecule has 0 spiro atoms. The van der Waals surface area contributed by atoms with Crippen LogP contribution in [0.3, 0.4) is 0 Å². The van der Waals surface area contributed by atoms with Crippen molar-refractivity contribution in [2.24, 2.45) is 0 Å². The van der Waals surface area contributed by atoms with Crippen molar-refractivity contribution in [2.45, 2.75) is 19.8 Å². The fourth-order valence-electron chi connectivity index (χ4n) is 2.16. The van der Waals surface area contributed by atoms with Crippen molar-refractivity contribution >= 4 is 23.3 Å². The molecule has 122 valence electrons. The van der Waals surface area contributed by atoms with E-state index in [0.29, 0.717) is 29.8 Å². The lowest BCUT2D eigenvalue weighted by Gasteiger charge is -2.14. The minimum atomic E-state index is -0.284. The number of rotatable bonds is 6. The molecule has 0 atom stereocenters. The summed E-state index contributed by atoms with van der Waals surface area (Å²) in [5, 5.41) is 6.05. The van der Waals surface area contributed by atoms with Gasteiger partial charge in [0.1, 0.15) is 12.4 Å². The van der Waals surface area contributed by atoms with Gasteiger partial charge in [-0.3, -0.25) is 0 Å². The van der Waals surface area contributed by atoms with Crippen LogP contribution in [0.4, 0.5) is 10.5 Å². The number of hydrogen-bond donors (Lipinski definition) is 2. The molecule has 2 rings (SSSR count). The summed E-state index contributed by atoms with van der Waals surface area (Å²) in [5.74, 6) is 1.25. The SMILES string of the molecule is CC(C)c1ccccc1OCCNC(=O)Nc1cccc(Cl)c1. The lowest BCUT2D eigenvalue weighted by atomic mass is 10.0. The Morgan fingerprint density at radius 3 is 2.70 bits per heavy atom. The molecular weight excluding hydrogens is 312 g/mol. The number of anilines is 1. The molecule has 0 saturated heterocycles. The molecule has 0 aromatic heterocycles. The van der Waals surface area contributed by atoms with Gasteiger partial charge in [-0.1, -0.05) is 49.7 Å². The van der Waals surface area contributed by atoms with Crippen LogP contribution in [0.5, 0.6) is 5.75 Å². The Balaban J connectivity index is 1.76. The Morgan fingerprint density at radius 1 is 1.17 bits per heavy atom. The maximum atomic E-state index is 11.8. The number of carbonyl (C=O) groups is 1. The second kappa shape index (κ2) is 8.44. The molecule has 0 heterocycles. The largest absolute Gasteiger partial charge is 0.491 e. The first kappa shape index (κ1) is 17.2. The van der Waals surface area contributed by atoms with E-state index in [1.807, 2.05) is 18.2 Å². The van der Waals surface area contributed by atoms with E-state index in [-0.39, 0.29) is 6.03 Å². The molecule has 2 N–H and O–H groups in total. The van der Waals surface area contributed by atoms with E-state index in [4.69, 9.17) is 16.3 Å². The fourth-order valence-corrected chi connectivity index (χ4v) is 2.35. The van der Waals surface area contributed by atoms with E-state index in [0.717, 1.165) is 11.3 Å². The molecule has 2 amide bonds. The number of amides is 2. The number of halogens is 1. The minimum absolute atomic E-state index is 0.284. The zero-order valence-electron chi connectivity index (χ0n) is 13.3. The first-order chi connectivity index (χ1) is 11.1. The lowest BCUT2D eigenvalue weighted by Crippen LogP contribution is -2.32. The molecule has 0 aliphatic carbocycles. The van der Waals surface area contributed by atoms with Gasteiger partial charge in [0, 0.05) is 10.7 Å². The minimum Gasteiger partial charge on any atom is -0.491 e. The molecule has 2 aromatic rings. The number of urea groups is 1. The van der Waals surface area contributed by atoms with Crippen LogP contribution >= 0.6 is 11.6 Å². The van der Waals surface area contributed by atoms with E-state index >= 15 is 0 Å². The first-order valence-electron chi connectivity index (χ1n) is 7.58. The number of nitrogens with one attached hydrogen (secondary N) is 2. The molecule has 0 aliphatic heterocycles. The lowest BCUT2D eigenvalue weighted by molar-refractivity contribution is 0.247. The van der Waals surface area contributed by atoms with Gasteiger partial charge in [0.2, 0.25) is 0 Å². The Morgan fingerprint density at radius 2 is 1.96 bits per heavy atom. The van der Waals surface area contributed by atoms with Gasteiger partial charge in [-0.05, 0) is 35.7 Å². The average molecular weight is 333 g/mol. The fraction of sp³-hybridized carbons (Fsp3) is 0.278. The summed E-state index contributed by atoms with van der Waals surface area (Å²) in [6.45, 7) is 5.07. The molecule has 0 unspecified atom stereocenters. The second-order valence-corrected chi connectivity index (χ2v) is 5.87. The van der Waals surface area contributed by atoms with Crippen LogP contribution in [0.2, 0.25) is 5.02 Å².